The lowest BCUT2D eigenvalue weighted by Crippen LogP contribution is -2.17. The monoisotopic (exact) mass is 351 g/mol. The van der Waals surface area contributed by atoms with Gasteiger partial charge in [-0.15, -0.1) is 0 Å². The van der Waals surface area contributed by atoms with E-state index < -0.39 is 19.0 Å². The molecule has 0 unspecified atom stereocenters. The minimum atomic E-state index is -3.68. The highest BCUT2D eigenvalue weighted by Crippen LogP contribution is 2.58. The molecule has 6 heteroatoms. The SMILES string of the molecule is CCCO[P@@](=O)(c1ccc(N(C)C)cc1)[C@H](O)c1ccccc1F. The second kappa shape index (κ2) is 7.93. The van der Waals surface area contributed by atoms with E-state index in [0.29, 0.717) is 11.7 Å². The Labute approximate surface area is 142 Å². The zero-order chi connectivity index (χ0) is 17.7. The molecule has 1 N–H and O–H groups in total. The van der Waals surface area contributed by atoms with Crippen LogP contribution in [-0.2, 0) is 9.09 Å². The van der Waals surface area contributed by atoms with Gasteiger partial charge in [-0.05, 0) is 36.8 Å². The van der Waals surface area contributed by atoms with Crippen molar-refractivity contribution in [3.63, 3.8) is 0 Å². The van der Waals surface area contributed by atoms with E-state index in [9.17, 15) is 14.1 Å². The molecule has 24 heavy (non-hydrogen) atoms. The van der Waals surface area contributed by atoms with Crippen molar-refractivity contribution >= 4 is 18.4 Å². The smallest absolute Gasteiger partial charge is 0.264 e. The van der Waals surface area contributed by atoms with Crippen LogP contribution in [0.4, 0.5) is 10.1 Å². The molecule has 0 aliphatic rings. The Morgan fingerprint density at radius 2 is 1.79 bits per heavy atom. The Bertz CT molecular complexity index is 718. The number of halogens is 1. The number of nitrogens with zero attached hydrogens (tertiary/aromatic N) is 1. The molecule has 0 bridgehead atoms. The van der Waals surface area contributed by atoms with Crippen LogP contribution in [0.2, 0.25) is 0 Å². The van der Waals surface area contributed by atoms with Gasteiger partial charge in [0.05, 0.1) is 6.61 Å². The number of rotatable bonds is 7. The normalized spacial score (nSPS) is 14.9. The van der Waals surface area contributed by atoms with Crippen molar-refractivity contribution in [1.82, 2.24) is 0 Å². The fraction of sp³-hybridized carbons (Fsp3) is 0.333. The summed E-state index contributed by atoms with van der Waals surface area (Å²) < 4.78 is 33.1. The summed E-state index contributed by atoms with van der Waals surface area (Å²) in [6.07, 6.45) is 0.643. The van der Waals surface area contributed by atoms with Crippen molar-refractivity contribution in [1.29, 1.82) is 0 Å². The third-order valence-electron chi connectivity index (χ3n) is 3.72. The molecule has 0 saturated heterocycles. The molecule has 0 heterocycles. The maximum absolute atomic E-state index is 14.0. The molecule has 2 aromatic rings. The Morgan fingerprint density at radius 1 is 1.17 bits per heavy atom. The first-order valence-corrected chi connectivity index (χ1v) is 9.54. The van der Waals surface area contributed by atoms with E-state index in [0.717, 1.165) is 5.69 Å². The van der Waals surface area contributed by atoms with Crippen LogP contribution < -0.4 is 10.2 Å². The van der Waals surface area contributed by atoms with E-state index >= 15 is 0 Å². The molecular formula is C18H23FNO3P. The van der Waals surface area contributed by atoms with Crippen LogP contribution in [0.5, 0.6) is 0 Å². The summed E-state index contributed by atoms with van der Waals surface area (Å²) in [5, 5.41) is 11.0. The van der Waals surface area contributed by atoms with Gasteiger partial charge in [0.25, 0.3) is 7.37 Å². The van der Waals surface area contributed by atoms with E-state index in [1.165, 1.54) is 18.2 Å². The van der Waals surface area contributed by atoms with Gasteiger partial charge in [0.2, 0.25) is 0 Å². The number of benzene rings is 2. The molecular weight excluding hydrogens is 328 g/mol. The van der Waals surface area contributed by atoms with E-state index in [1.807, 2.05) is 25.9 Å². The Balaban J connectivity index is 2.45. The van der Waals surface area contributed by atoms with Crippen molar-refractivity contribution < 1.29 is 18.6 Å². The molecule has 0 saturated carbocycles. The summed E-state index contributed by atoms with van der Waals surface area (Å²) in [6, 6.07) is 12.7. The Morgan fingerprint density at radius 3 is 2.33 bits per heavy atom. The lowest BCUT2D eigenvalue weighted by atomic mass is 10.2. The van der Waals surface area contributed by atoms with Gasteiger partial charge in [-0.3, -0.25) is 4.57 Å². The fourth-order valence-corrected chi connectivity index (χ4v) is 4.51. The number of aliphatic hydroxyl groups is 1. The number of aliphatic hydroxyl groups excluding tert-OH is 1. The molecule has 0 aliphatic heterocycles. The van der Waals surface area contributed by atoms with Crippen LogP contribution in [0.25, 0.3) is 0 Å². The minimum absolute atomic E-state index is 0.0198. The largest absolute Gasteiger partial charge is 0.378 e. The van der Waals surface area contributed by atoms with Gasteiger partial charge in [-0.25, -0.2) is 4.39 Å². The number of hydrogen-bond acceptors (Lipinski definition) is 4. The summed E-state index contributed by atoms with van der Waals surface area (Å²) in [5.74, 6) is -2.15. The first-order valence-electron chi connectivity index (χ1n) is 7.85. The first kappa shape index (κ1) is 18.7. The summed E-state index contributed by atoms with van der Waals surface area (Å²) in [4.78, 5) is 1.91. The second-order valence-corrected chi connectivity index (χ2v) is 8.19. The molecule has 2 rings (SSSR count). The van der Waals surface area contributed by atoms with Crippen LogP contribution in [0.3, 0.4) is 0 Å². The average molecular weight is 351 g/mol. The second-order valence-electron chi connectivity index (χ2n) is 5.74. The molecule has 2 aromatic carbocycles. The Kier molecular flexibility index (Phi) is 6.16. The van der Waals surface area contributed by atoms with Gasteiger partial charge in [-0.2, -0.15) is 0 Å². The molecule has 0 aromatic heterocycles. The zero-order valence-corrected chi connectivity index (χ0v) is 15.0. The lowest BCUT2D eigenvalue weighted by Gasteiger charge is -2.25. The van der Waals surface area contributed by atoms with Crippen LogP contribution in [0.15, 0.2) is 48.5 Å². The van der Waals surface area contributed by atoms with Crippen LogP contribution in [-0.4, -0.2) is 25.8 Å². The molecule has 0 amide bonds. The zero-order valence-electron chi connectivity index (χ0n) is 14.1. The number of anilines is 1. The van der Waals surface area contributed by atoms with E-state index in [4.69, 9.17) is 4.52 Å². The van der Waals surface area contributed by atoms with Gasteiger partial charge >= 0.3 is 0 Å². The molecule has 0 spiro atoms. The average Bonchev–Trinajstić information content (AvgIpc) is 2.59. The third kappa shape index (κ3) is 3.86. The van der Waals surface area contributed by atoms with Crippen molar-refractivity contribution in [2.45, 2.75) is 19.2 Å². The predicted molar refractivity (Wildman–Crippen MR) is 95.6 cm³/mol. The highest BCUT2D eigenvalue weighted by atomic mass is 31.2. The first-order chi connectivity index (χ1) is 11.4. The van der Waals surface area contributed by atoms with Crippen molar-refractivity contribution in [2.24, 2.45) is 0 Å². The summed E-state index contributed by atoms with van der Waals surface area (Å²) in [6.45, 7) is 2.10. The minimum Gasteiger partial charge on any atom is -0.378 e. The van der Waals surface area contributed by atoms with Crippen molar-refractivity contribution in [3.05, 3.63) is 59.9 Å². The topological polar surface area (TPSA) is 49.8 Å². The van der Waals surface area contributed by atoms with E-state index in [2.05, 4.69) is 0 Å². The van der Waals surface area contributed by atoms with Gasteiger partial charge < -0.3 is 14.5 Å². The van der Waals surface area contributed by atoms with E-state index in [1.54, 1.807) is 30.3 Å². The molecule has 4 nitrogen and oxygen atoms in total. The van der Waals surface area contributed by atoms with Gasteiger partial charge in [0, 0.05) is 30.7 Å². The molecule has 0 fully saturated rings. The summed E-state index contributed by atoms with van der Waals surface area (Å²) in [7, 11) is 0.117. The quantitative estimate of drug-likeness (QED) is 0.769. The molecule has 2 atom stereocenters. The van der Waals surface area contributed by atoms with Gasteiger partial charge in [-0.1, -0.05) is 25.1 Å². The maximum Gasteiger partial charge on any atom is 0.264 e. The molecule has 0 aliphatic carbocycles. The summed E-state index contributed by atoms with van der Waals surface area (Å²) >= 11 is 0. The maximum atomic E-state index is 14.0. The van der Waals surface area contributed by atoms with E-state index in [-0.39, 0.29) is 12.2 Å². The molecule has 130 valence electrons. The Hall–Kier alpha value is -1.68. The van der Waals surface area contributed by atoms with Crippen molar-refractivity contribution in [2.75, 3.05) is 25.6 Å². The molecule has 0 radical (unpaired) electrons. The number of hydrogen-bond donors (Lipinski definition) is 1. The van der Waals surface area contributed by atoms with Gasteiger partial charge in [0.1, 0.15) is 5.82 Å². The van der Waals surface area contributed by atoms with Gasteiger partial charge in [0.15, 0.2) is 5.85 Å². The highest BCUT2D eigenvalue weighted by Gasteiger charge is 2.37. The predicted octanol–water partition coefficient (Wildman–Crippen LogP) is 3.91. The lowest BCUT2D eigenvalue weighted by molar-refractivity contribution is 0.210. The highest BCUT2D eigenvalue weighted by molar-refractivity contribution is 7.67. The van der Waals surface area contributed by atoms with Crippen LogP contribution in [0.1, 0.15) is 24.8 Å². The van der Waals surface area contributed by atoms with Crippen molar-refractivity contribution in [3.8, 4) is 0 Å². The van der Waals surface area contributed by atoms with Crippen LogP contribution >= 0.6 is 7.37 Å². The van der Waals surface area contributed by atoms with Crippen LogP contribution in [0, 0.1) is 5.82 Å². The fourth-order valence-electron chi connectivity index (χ4n) is 2.34. The standard InChI is InChI=1S/C18H23FNO3P/c1-4-13-23-24(22,15-11-9-14(10-12-15)20(2)3)18(21)16-7-5-6-8-17(16)19/h5-12,18,21H,4,13H2,1-3H3/t18-,24-/m0/s1. The third-order valence-corrected chi connectivity index (χ3v) is 6.22. The summed E-state index contributed by atoms with van der Waals surface area (Å²) in [5.41, 5.74) is 0.912.